The molecular weight excluding hydrogens is 949 g/mol. The van der Waals surface area contributed by atoms with Crippen molar-refractivity contribution in [2.24, 2.45) is 5.41 Å². The van der Waals surface area contributed by atoms with Crippen LogP contribution in [0.5, 0.6) is 5.75 Å². The first-order valence-electron chi connectivity index (χ1n) is 25.3. The summed E-state index contributed by atoms with van der Waals surface area (Å²) in [5, 5.41) is 32.6. The fraction of sp³-hybridized carbons (Fsp3) is 0.473. The third-order valence-electron chi connectivity index (χ3n) is 13.9. The number of imidazole rings is 1. The standard InChI is InChI=1S/C55H68N8O9S/c1-33-40(31-64)24-39(52(68)60-43-16-15-36-13-14-38(25-42(36)43)44-30-62-20-6-8-47(62)59-44)26-46(33)72-21-7-19-56-48(66)17-22-71-23-18-49(67)61-51(55(3,4)5)54(70)63-29-41(65)27-45(63)53(69)57-28-35-9-11-37(12-10-35)50-34(2)58-32-73-50/h9-14,24-26,30,32,41,43,45,51,64-65H,6-8,15-23,27-29,31H2,1-5H3,(H,56,66)(H,57,69)(H,60,68)(H,61,67)/t41-,43-,45+,51-/m1/s1. The van der Waals surface area contributed by atoms with Crippen LogP contribution in [0.4, 0.5) is 0 Å². The van der Waals surface area contributed by atoms with E-state index in [4.69, 9.17) is 14.5 Å². The van der Waals surface area contributed by atoms with E-state index in [1.165, 1.54) is 10.5 Å². The largest absolute Gasteiger partial charge is 0.493 e. The monoisotopic (exact) mass is 1020 g/mol. The van der Waals surface area contributed by atoms with Gasteiger partial charge in [0, 0.05) is 69.2 Å². The second-order valence-corrected chi connectivity index (χ2v) is 21.2. The SMILES string of the molecule is Cc1ncsc1-c1ccc(CNC(=O)[C@@H]2C[C@@H](O)CN2C(=O)[C@@H](NC(=O)CCOCCC(=O)NCCCOc2cc(C(=O)N[C@@H]3CCc4ccc(-c5cn6c(n5)CCC6)cc43)cc(CO)c2C)C(C)(C)C)cc1. The molecule has 8 rings (SSSR count). The highest BCUT2D eigenvalue weighted by Gasteiger charge is 2.44. The van der Waals surface area contributed by atoms with Gasteiger partial charge in [0.25, 0.3) is 5.91 Å². The number of β-amino-alcohol motifs (C(OH)–C–C–N with tert-alkyl or cyclic N) is 1. The molecule has 0 radical (unpaired) electrons. The average Bonchev–Trinajstić information content (AvgIpc) is 4.23. The minimum Gasteiger partial charge on any atom is -0.493 e. The number of rotatable bonds is 21. The number of fused-ring (bicyclic) bond motifs is 2. The van der Waals surface area contributed by atoms with Crippen LogP contribution in [0.25, 0.3) is 21.7 Å². The van der Waals surface area contributed by atoms with E-state index in [1.807, 2.05) is 58.9 Å². The summed E-state index contributed by atoms with van der Waals surface area (Å²) in [4.78, 5) is 78.5. The van der Waals surface area contributed by atoms with Crippen molar-refractivity contribution in [2.45, 2.75) is 130 Å². The summed E-state index contributed by atoms with van der Waals surface area (Å²) < 4.78 is 13.9. The number of amides is 5. The molecule has 73 heavy (non-hydrogen) atoms. The molecule has 5 aromatic rings. The molecule has 388 valence electrons. The Morgan fingerprint density at radius 1 is 0.932 bits per heavy atom. The molecule has 0 bridgehead atoms. The van der Waals surface area contributed by atoms with Crippen LogP contribution in [0, 0.1) is 19.3 Å². The first kappa shape index (κ1) is 52.8. The van der Waals surface area contributed by atoms with Crippen LogP contribution in [0.3, 0.4) is 0 Å². The number of hydrogen-bond donors (Lipinski definition) is 6. The Morgan fingerprint density at radius 3 is 2.42 bits per heavy atom. The molecule has 4 atom stereocenters. The Hall–Kier alpha value is -6.47. The van der Waals surface area contributed by atoms with Crippen LogP contribution in [0.15, 0.2) is 66.3 Å². The van der Waals surface area contributed by atoms with Crippen LogP contribution in [-0.2, 0) is 56.5 Å². The number of nitrogens with one attached hydrogen (secondary N) is 4. The highest BCUT2D eigenvalue weighted by atomic mass is 32.1. The predicted molar refractivity (Wildman–Crippen MR) is 276 cm³/mol. The number of carbonyl (C=O) groups excluding carboxylic acids is 5. The molecule has 1 fully saturated rings. The van der Waals surface area contributed by atoms with Crippen LogP contribution in [0.1, 0.15) is 115 Å². The molecule has 3 aliphatic rings. The molecule has 18 heteroatoms. The van der Waals surface area contributed by atoms with Crippen LogP contribution in [-0.4, -0.2) is 110 Å². The molecule has 2 aromatic heterocycles. The van der Waals surface area contributed by atoms with Gasteiger partial charge in [-0.3, -0.25) is 24.0 Å². The number of thiazole rings is 1. The van der Waals surface area contributed by atoms with Gasteiger partial charge in [-0.25, -0.2) is 9.97 Å². The molecule has 0 saturated carbocycles. The first-order chi connectivity index (χ1) is 35.1. The van der Waals surface area contributed by atoms with Crippen molar-refractivity contribution in [3.8, 4) is 27.4 Å². The predicted octanol–water partition coefficient (Wildman–Crippen LogP) is 5.64. The Labute approximate surface area is 430 Å². The van der Waals surface area contributed by atoms with E-state index in [9.17, 15) is 34.2 Å². The van der Waals surface area contributed by atoms with Gasteiger partial charge in [-0.15, -0.1) is 11.3 Å². The van der Waals surface area contributed by atoms with Crippen LogP contribution < -0.4 is 26.0 Å². The number of benzene rings is 3. The average molecular weight is 1020 g/mol. The van der Waals surface area contributed by atoms with Gasteiger partial charge in [0.2, 0.25) is 23.6 Å². The molecule has 3 aromatic carbocycles. The van der Waals surface area contributed by atoms with Crippen molar-refractivity contribution in [3.63, 3.8) is 0 Å². The normalized spacial score (nSPS) is 17.5. The second kappa shape index (κ2) is 23.6. The van der Waals surface area contributed by atoms with Gasteiger partial charge in [-0.1, -0.05) is 57.2 Å². The summed E-state index contributed by atoms with van der Waals surface area (Å²) in [6.07, 6.45) is 5.55. The Kier molecular flexibility index (Phi) is 17.1. The minimum absolute atomic E-state index is 0.0189. The first-order valence-corrected chi connectivity index (χ1v) is 26.2. The summed E-state index contributed by atoms with van der Waals surface area (Å²) >= 11 is 1.56. The number of likely N-dealkylation sites (tertiary alicyclic amines) is 1. The van der Waals surface area contributed by atoms with Gasteiger partial charge >= 0.3 is 0 Å². The molecule has 0 unspecified atom stereocenters. The highest BCUT2D eigenvalue weighted by molar-refractivity contribution is 7.13. The van der Waals surface area contributed by atoms with Gasteiger partial charge in [0.1, 0.15) is 23.7 Å². The lowest BCUT2D eigenvalue weighted by Gasteiger charge is -2.35. The van der Waals surface area contributed by atoms with E-state index < -0.39 is 35.4 Å². The van der Waals surface area contributed by atoms with E-state index >= 15 is 0 Å². The quantitative estimate of drug-likeness (QED) is 0.0494. The number of hydrogen-bond acceptors (Lipinski definition) is 12. The number of ether oxygens (including phenoxy) is 2. The number of nitrogens with zero attached hydrogens (tertiary/aromatic N) is 4. The van der Waals surface area contributed by atoms with E-state index in [1.54, 1.807) is 29.0 Å². The zero-order valence-electron chi connectivity index (χ0n) is 42.4. The second-order valence-electron chi connectivity index (χ2n) is 20.3. The molecule has 0 spiro atoms. The van der Waals surface area contributed by atoms with E-state index in [0.29, 0.717) is 29.8 Å². The molecule has 4 heterocycles. The Bertz CT molecular complexity index is 2780. The minimum atomic E-state index is -0.980. The fourth-order valence-electron chi connectivity index (χ4n) is 9.75. The molecule has 2 aliphatic heterocycles. The third-order valence-corrected chi connectivity index (χ3v) is 14.9. The zero-order chi connectivity index (χ0) is 51.8. The molecule has 1 aliphatic carbocycles. The van der Waals surface area contributed by atoms with Gasteiger partial charge in [-0.05, 0) is 96.5 Å². The van der Waals surface area contributed by atoms with Gasteiger partial charge in [0.15, 0.2) is 0 Å². The van der Waals surface area contributed by atoms with E-state index in [0.717, 1.165) is 82.1 Å². The van der Waals surface area contributed by atoms with Crippen molar-refractivity contribution in [1.82, 2.24) is 40.7 Å². The van der Waals surface area contributed by atoms with E-state index in [-0.39, 0.29) is 82.5 Å². The van der Waals surface area contributed by atoms with Crippen LogP contribution in [0.2, 0.25) is 0 Å². The number of aliphatic hydroxyl groups excluding tert-OH is 2. The third kappa shape index (κ3) is 13.0. The molecule has 1 saturated heterocycles. The van der Waals surface area contributed by atoms with Gasteiger partial charge in [-0.2, -0.15) is 0 Å². The topological polar surface area (TPSA) is 226 Å². The summed E-state index contributed by atoms with van der Waals surface area (Å²) in [7, 11) is 0. The van der Waals surface area contributed by atoms with Gasteiger partial charge < -0.3 is 50.4 Å². The molecular formula is C55H68N8O9S. The van der Waals surface area contributed by atoms with Crippen molar-refractivity contribution in [3.05, 3.63) is 111 Å². The lowest BCUT2D eigenvalue weighted by atomic mass is 9.85. The highest BCUT2D eigenvalue weighted by Crippen LogP contribution is 2.36. The van der Waals surface area contributed by atoms with Crippen molar-refractivity contribution in [1.29, 1.82) is 0 Å². The smallest absolute Gasteiger partial charge is 0.251 e. The Balaban J connectivity index is 0.733. The maximum atomic E-state index is 14.0. The number of aryl methyl sites for hydroxylation is 4. The maximum Gasteiger partial charge on any atom is 0.251 e. The summed E-state index contributed by atoms with van der Waals surface area (Å²) in [6, 6.07) is 15.6. The summed E-state index contributed by atoms with van der Waals surface area (Å²) in [5.41, 5.74) is 9.97. The van der Waals surface area contributed by atoms with Crippen LogP contribution >= 0.6 is 11.3 Å². The van der Waals surface area contributed by atoms with Gasteiger partial charge in [0.05, 0.1) is 60.3 Å². The lowest BCUT2D eigenvalue weighted by molar-refractivity contribution is -0.144. The van der Waals surface area contributed by atoms with Crippen molar-refractivity contribution >= 4 is 40.9 Å². The molecule has 5 amide bonds. The number of carbonyl (C=O) groups is 5. The number of aromatic nitrogens is 3. The van der Waals surface area contributed by atoms with Crippen molar-refractivity contribution in [2.75, 3.05) is 32.9 Å². The molecule has 6 N–H and O–H groups in total. The molecule has 17 nitrogen and oxygen atoms in total. The maximum absolute atomic E-state index is 14.0. The number of aliphatic hydroxyl groups is 2. The Morgan fingerprint density at radius 2 is 1.70 bits per heavy atom. The zero-order valence-corrected chi connectivity index (χ0v) is 43.2. The van der Waals surface area contributed by atoms with Crippen molar-refractivity contribution < 1.29 is 43.7 Å². The van der Waals surface area contributed by atoms with E-state index in [2.05, 4.69) is 55.2 Å². The fourth-order valence-corrected chi connectivity index (χ4v) is 10.6. The summed E-state index contributed by atoms with van der Waals surface area (Å²) in [6.45, 7) is 10.9. The lowest BCUT2D eigenvalue weighted by Crippen LogP contribution is -2.57. The summed E-state index contributed by atoms with van der Waals surface area (Å²) in [5.74, 6) is -0.160.